The molecule has 0 saturated carbocycles. The molecule has 0 bridgehead atoms. The molecule has 0 radical (unpaired) electrons. The lowest BCUT2D eigenvalue weighted by Crippen LogP contribution is -2.60. The Morgan fingerprint density at radius 1 is 1.00 bits per heavy atom. The Morgan fingerprint density at radius 3 is 2.31 bits per heavy atom. The number of carbonyl (C=O) groups excluding carboxylic acids is 1. The van der Waals surface area contributed by atoms with E-state index in [2.05, 4.69) is 0 Å². The van der Waals surface area contributed by atoms with E-state index in [0.29, 0.717) is 6.42 Å². The number of ketones is 1. The van der Waals surface area contributed by atoms with Crippen molar-refractivity contribution in [3.05, 3.63) is 47.5 Å². The molecular weight excluding hydrogens is 424 g/mol. The second-order valence-electron chi connectivity index (χ2n) is 7.42. The highest BCUT2D eigenvalue weighted by Gasteiger charge is 2.45. The first kappa shape index (κ1) is 23.8. The van der Waals surface area contributed by atoms with Crippen LogP contribution in [-0.2, 0) is 11.2 Å². The van der Waals surface area contributed by atoms with E-state index in [1.165, 1.54) is 31.4 Å². The van der Waals surface area contributed by atoms with Gasteiger partial charge in [-0.3, -0.25) is 4.79 Å². The van der Waals surface area contributed by atoms with Gasteiger partial charge in [0.05, 0.1) is 19.3 Å². The molecule has 1 heterocycles. The Morgan fingerprint density at radius 2 is 1.69 bits per heavy atom. The number of phenolic OH excluding ortho intramolecular Hbond substituents is 2. The third kappa shape index (κ3) is 5.12. The summed E-state index contributed by atoms with van der Waals surface area (Å²) < 4.78 is 16.1. The first-order valence-electron chi connectivity index (χ1n) is 9.94. The molecule has 3 rings (SSSR count). The molecule has 6 N–H and O–H groups in total. The lowest BCUT2D eigenvalue weighted by molar-refractivity contribution is -0.277. The Kier molecular flexibility index (Phi) is 7.54. The van der Waals surface area contributed by atoms with E-state index < -0.39 is 43.1 Å². The molecule has 0 aromatic heterocycles. The van der Waals surface area contributed by atoms with Crippen LogP contribution in [0, 0.1) is 0 Å². The Hall–Kier alpha value is -2.89. The van der Waals surface area contributed by atoms with Crippen molar-refractivity contribution in [3.63, 3.8) is 0 Å². The van der Waals surface area contributed by atoms with E-state index in [0.717, 1.165) is 5.56 Å². The van der Waals surface area contributed by atoms with Gasteiger partial charge in [0.15, 0.2) is 17.3 Å². The average Bonchev–Trinajstić information content (AvgIpc) is 2.79. The molecule has 1 fully saturated rings. The van der Waals surface area contributed by atoms with Crippen molar-refractivity contribution < 1.29 is 49.6 Å². The van der Waals surface area contributed by atoms with Gasteiger partial charge in [0.2, 0.25) is 6.29 Å². The van der Waals surface area contributed by atoms with Gasteiger partial charge in [0.1, 0.15) is 35.9 Å². The molecule has 0 amide bonds. The fourth-order valence-corrected chi connectivity index (χ4v) is 3.37. The molecule has 0 aliphatic carbocycles. The number of benzene rings is 2. The zero-order valence-corrected chi connectivity index (χ0v) is 17.3. The SMILES string of the molecule is COc1cc(O)c(C(=O)CCc2ccc(O)cc2)cc1OC1OC(CO)C(O)C(O)C1O. The molecule has 1 aliphatic rings. The van der Waals surface area contributed by atoms with E-state index in [-0.39, 0.29) is 35.0 Å². The molecule has 5 atom stereocenters. The second-order valence-corrected chi connectivity index (χ2v) is 7.42. The summed E-state index contributed by atoms with van der Waals surface area (Å²) in [4.78, 5) is 12.7. The predicted molar refractivity (Wildman–Crippen MR) is 110 cm³/mol. The van der Waals surface area contributed by atoms with Crippen molar-refractivity contribution in [2.45, 2.75) is 43.5 Å². The van der Waals surface area contributed by atoms with Gasteiger partial charge in [0, 0.05) is 12.5 Å². The van der Waals surface area contributed by atoms with Crippen LogP contribution in [0.25, 0.3) is 0 Å². The maximum atomic E-state index is 12.7. The maximum absolute atomic E-state index is 12.7. The van der Waals surface area contributed by atoms with E-state index in [1.807, 2.05) is 0 Å². The van der Waals surface area contributed by atoms with Crippen LogP contribution in [0.4, 0.5) is 0 Å². The van der Waals surface area contributed by atoms with Gasteiger partial charge >= 0.3 is 0 Å². The number of hydrogen-bond donors (Lipinski definition) is 6. The monoisotopic (exact) mass is 450 g/mol. The van der Waals surface area contributed by atoms with E-state index in [9.17, 15) is 35.4 Å². The first-order valence-corrected chi connectivity index (χ1v) is 9.94. The van der Waals surface area contributed by atoms with Crippen molar-refractivity contribution in [1.29, 1.82) is 0 Å². The van der Waals surface area contributed by atoms with Gasteiger partial charge < -0.3 is 44.8 Å². The third-order valence-electron chi connectivity index (χ3n) is 5.25. The molecule has 0 spiro atoms. The number of aliphatic hydroxyl groups excluding tert-OH is 4. The normalized spacial score (nSPS) is 25.3. The minimum atomic E-state index is -1.65. The molecule has 1 saturated heterocycles. The second kappa shape index (κ2) is 10.2. The van der Waals surface area contributed by atoms with Crippen molar-refractivity contribution in [2.24, 2.45) is 0 Å². The number of phenols is 2. The van der Waals surface area contributed by atoms with Crippen LogP contribution in [-0.4, -0.2) is 80.8 Å². The van der Waals surface area contributed by atoms with Crippen LogP contribution in [0.2, 0.25) is 0 Å². The van der Waals surface area contributed by atoms with Crippen molar-refractivity contribution in [3.8, 4) is 23.0 Å². The molecule has 1 aliphatic heterocycles. The van der Waals surface area contributed by atoms with Gasteiger partial charge in [-0.1, -0.05) is 12.1 Å². The largest absolute Gasteiger partial charge is 0.508 e. The molecular formula is C22H26O10. The summed E-state index contributed by atoms with van der Waals surface area (Å²) in [7, 11) is 1.31. The fraction of sp³-hybridized carbons (Fsp3) is 0.409. The van der Waals surface area contributed by atoms with Crippen LogP contribution in [0.15, 0.2) is 36.4 Å². The van der Waals surface area contributed by atoms with Crippen molar-refractivity contribution in [2.75, 3.05) is 13.7 Å². The molecule has 5 unspecified atom stereocenters. The summed E-state index contributed by atoms with van der Waals surface area (Å²) in [6.45, 7) is -0.626. The summed E-state index contributed by atoms with van der Waals surface area (Å²) in [5, 5.41) is 59.0. The quantitative estimate of drug-likeness (QED) is 0.304. The van der Waals surface area contributed by atoms with Crippen molar-refractivity contribution >= 4 is 5.78 Å². The highest BCUT2D eigenvalue weighted by molar-refractivity contribution is 5.99. The smallest absolute Gasteiger partial charge is 0.229 e. The van der Waals surface area contributed by atoms with Gasteiger partial charge in [-0.2, -0.15) is 0 Å². The van der Waals surface area contributed by atoms with Gasteiger partial charge in [-0.25, -0.2) is 0 Å². The Bertz CT molecular complexity index is 927. The Balaban J connectivity index is 1.79. The van der Waals surface area contributed by atoms with E-state index >= 15 is 0 Å². The minimum absolute atomic E-state index is 0.0366. The van der Waals surface area contributed by atoms with Crippen LogP contribution >= 0.6 is 0 Å². The summed E-state index contributed by atoms with van der Waals surface area (Å²) in [6, 6.07) is 8.80. The predicted octanol–water partition coefficient (Wildman–Crippen LogP) is 0.101. The number of methoxy groups -OCH3 is 1. The summed E-state index contributed by atoms with van der Waals surface area (Å²) in [5.74, 6) is -0.629. The Labute approximate surface area is 183 Å². The third-order valence-corrected chi connectivity index (χ3v) is 5.25. The molecule has 10 nitrogen and oxygen atoms in total. The highest BCUT2D eigenvalue weighted by atomic mass is 16.7. The lowest BCUT2D eigenvalue weighted by Gasteiger charge is -2.39. The molecule has 174 valence electrons. The number of carbonyl (C=O) groups is 1. The number of aliphatic hydroxyl groups is 4. The zero-order valence-electron chi connectivity index (χ0n) is 17.3. The molecule has 2 aromatic carbocycles. The summed E-state index contributed by atoms with van der Waals surface area (Å²) in [6.07, 6.45) is -7.07. The van der Waals surface area contributed by atoms with Gasteiger partial charge in [-0.05, 0) is 30.2 Å². The number of aryl methyl sites for hydroxylation is 1. The number of ether oxygens (including phenoxy) is 3. The number of hydrogen-bond acceptors (Lipinski definition) is 10. The standard InChI is InChI=1S/C22H26O10/c1-30-16-9-15(26)13(14(25)7-4-11-2-5-12(24)6-3-11)8-17(16)31-22-21(29)20(28)19(27)18(10-23)32-22/h2-3,5-6,8-9,18-24,26-29H,4,7,10H2,1H3. The van der Waals surface area contributed by atoms with Crippen molar-refractivity contribution in [1.82, 2.24) is 0 Å². The number of aromatic hydroxyl groups is 2. The number of rotatable bonds is 8. The summed E-state index contributed by atoms with van der Waals surface area (Å²) >= 11 is 0. The molecule has 2 aromatic rings. The average molecular weight is 450 g/mol. The van der Waals surface area contributed by atoms with Crippen LogP contribution in [0.1, 0.15) is 22.3 Å². The molecule has 10 heteroatoms. The zero-order chi connectivity index (χ0) is 23.4. The van der Waals surface area contributed by atoms with Gasteiger partial charge in [-0.15, -0.1) is 0 Å². The van der Waals surface area contributed by atoms with Gasteiger partial charge in [0.25, 0.3) is 0 Å². The van der Waals surface area contributed by atoms with Crippen LogP contribution < -0.4 is 9.47 Å². The molecule has 32 heavy (non-hydrogen) atoms. The first-order chi connectivity index (χ1) is 15.2. The maximum Gasteiger partial charge on any atom is 0.229 e. The van der Waals surface area contributed by atoms with Crippen LogP contribution in [0.3, 0.4) is 0 Å². The fourth-order valence-electron chi connectivity index (χ4n) is 3.37. The summed E-state index contributed by atoms with van der Waals surface area (Å²) in [5.41, 5.74) is 0.770. The van der Waals surface area contributed by atoms with E-state index in [4.69, 9.17) is 14.2 Å². The lowest BCUT2D eigenvalue weighted by atomic mass is 9.99. The van der Waals surface area contributed by atoms with Crippen LogP contribution in [0.5, 0.6) is 23.0 Å². The highest BCUT2D eigenvalue weighted by Crippen LogP contribution is 2.37. The van der Waals surface area contributed by atoms with E-state index in [1.54, 1.807) is 12.1 Å². The minimum Gasteiger partial charge on any atom is -0.508 e. The number of Topliss-reactive ketones (excluding diaryl/α,β-unsaturated/α-hetero) is 1. The topological polar surface area (TPSA) is 166 Å².